The Labute approximate surface area is 121 Å². The van der Waals surface area contributed by atoms with Gasteiger partial charge in [-0.1, -0.05) is 32.1 Å². The minimum Gasteiger partial charge on any atom is -0.335 e. The van der Waals surface area contributed by atoms with Crippen molar-refractivity contribution in [3.05, 3.63) is 0 Å². The Kier molecular flexibility index (Phi) is 5.83. The van der Waals surface area contributed by atoms with Crippen LogP contribution in [0.15, 0.2) is 0 Å². The van der Waals surface area contributed by atoms with E-state index < -0.39 is 0 Å². The number of hydrogen-bond donors (Lipinski definition) is 2. The maximum absolute atomic E-state index is 11.9. The Morgan fingerprint density at radius 3 is 2.25 bits per heavy atom. The molecule has 0 heterocycles. The van der Waals surface area contributed by atoms with E-state index >= 15 is 0 Å². The Morgan fingerprint density at radius 2 is 1.60 bits per heavy atom. The molecule has 5 nitrogen and oxygen atoms in total. The molecule has 2 rings (SSSR count). The molecule has 2 aliphatic carbocycles. The molecular formula is C15H27N3O2. The highest BCUT2D eigenvalue weighted by atomic mass is 16.2. The van der Waals surface area contributed by atoms with Gasteiger partial charge in [0.05, 0.1) is 6.54 Å². The number of rotatable bonds is 4. The first-order chi connectivity index (χ1) is 9.65. The molecule has 3 amide bonds. The summed E-state index contributed by atoms with van der Waals surface area (Å²) in [4.78, 5) is 25.7. The lowest BCUT2D eigenvalue weighted by atomic mass is 9.94. The zero-order valence-electron chi connectivity index (χ0n) is 12.5. The molecule has 0 saturated heterocycles. The van der Waals surface area contributed by atoms with Crippen LogP contribution in [0, 0.1) is 0 Å². The highest BCUT2D eigenvalue weighted by Crippen LogP contribution is 2.21. The van der Waals surface area contributed by atoms with Gasteiger partial charge < -0.3 is 5.32 Å². The van der Waals surface area contributed by atoms with Crippen molar-refractivity contribution in [2.75, 3.05) is 13.6 Å². The normalized spacial score (nSPS) is 21.1. The fourth-order valence-corrected chi connectivity index (χ4v) is 3.34. The number of amides is 3. The van der Waals surface area contributed by atoms with E-state index in [4.69, 9.17) is 0 Å². The summed E-state index contributed by atoms with van der Waals surface area (Å²) < 4.78 is 0. The van der Waals surface area contributed by atoms with E-state index in [1.165, 1.54) is 32.1 Å². The summed E-state index contributed by atoms with van der Waals surface area (Å²) in [6.45, 7) is 0.308. The average Bonchev–Trinajstić information content (AvgIpc) is 2.92. The van der Waals surface area contributed by atoms with Gasteiger partial charge >= 0.3 is 6.03 Å². The van der Waals surface area contributed by atoms with Crippen LogP contribution in [0.1, 0.15) is 57.8 Å². The standard InChI is InChI=1S/C15H27N3O2/c1-18(13-9-3-2-4-10-13)11-14(19)17-15(20)16-12-7-5-6-8-12/h12-13H,2-11H2,1H3,(H2,16,17,19,20). The number of likely N-dealkylation sites (N-methyl/N-ethyl adjacent to an activating group) is 1. The van der Waals surface area contributed by atoms with E-state index in [2.05, 4.69) is 15.5 Å². The highest BCUT2D eigenvalue weighted by molar-refractivity contribution is 5.95. The van der Waals surface area contributed by atoms with Gasteiger partial charge in [-0.2, -0.15) is 0 Å². The monoisotopic (exact) mass is 281 g/mol. The minimum absolute atomic E-state index is 0.200. The molecule has 0 aromatic carbocycles. The van der Waals surface area contributed by atoms with Gasteiger partial charge in [-0.05, 0) is 32.7 Å². The summed E-state index contributed by atoms with van der Waals surface area (Å²) in [5.74, 6) is -0.200. The summed E-state index contributed by atoms with van der Waals surface area (Å²) in [7, 11) is 1.98. The fraction of sp³-hybridized carbons (Fsp3) is 0.867. The second-order valence-corrected chi connectivity index (χ2v) is 6.21. The van der Waals surface area contributed by atoms with Crippen LogP contribution < -0.4 is 10.6 Å². The zero-order valence-corrected chi connectivity index (χ0v) is 12.5. The topological polar surface area (TPSA) is 61.4 Å². The molecule has 0 atom stereocenters. The maximum atomic E-state index is 11.9. The second kappa shape index (κ2) is 7.62. The Bertz CT molecular complexity index is 334. The second-order valence-electron chi connectivity index (χ2n) is 6.21. The third-order valence-electron chi connectivity index (χ3n) is 4.53. The summed E-state index contributed by atoms with van der Waals surface area (Å²) in [5.41, 5.74) is 0. The maximum Gasteiger partial charge on any atom is 0.321 e. The smallest absolute Gasteiger partial charge is 0.321 e. The lowest BCUT2D eigenvalue weighted by molar-refractivity contribution is -0.121. The van der Waals surface area contributed by atoms with Crippen LogP contribution >= 0.6 is 0 Å². The Morgan fingerprint density at radius 1 is 1.00 bits per heavy atom. The molecular weight excluding hydrogens is 254 g/mol. The van der Waals surface area contributed by atoms with Crippen LogP contribution in [0.5, 0.6) is 0 Å². The van der Waals surface area contributed by atoms with Crippen LogP contribution in [-0.4, -0.2) is 42.5 Å². The van der Waals surface area contributed by atoms with E-state index in [1.54, 1.807) is 0 Å². The van der Waals surface area contributed by atoms with Crippen molar-refractivity contribution in [3.63, 3.8) is 0 Å². The quantitative estimate of drug-likeness (QED) is 0.828. The third kappa shape index (κ3) is 4.78. The van der Waals surface area contributed by atoms with E-state index in [0.717, 1.165) is 25.7 Å². The van der Waals surface area contributed by atoms with E-state index in [0.29, 0.717) is 12.6 Å². The fourth-order valence-electron chi connectivity index (χ4n) is 3.34. The summed E-state index contributed by atoms with van der Waals surface area (Å²) >= 11 is 0. The molecule has 2 aliphatic rings. The van der Waals surface area contributed by atoms with Crippen LogP contribution in [0.2, 0.25) is 0 Å². The van der Waals surface area contributed by atoms with Crippen molar-refractivity contribution in [3.8, 4) is 0 Å². The minimum atomic E-state index is -0.334. The van der Waals surface area contributed by atoms with Crippen LogP contribution in [0.3, 0.4) is 0 Å². The lowest BCUT2D eigenvalue weighted by Crippen LogP contribution is -2.48. The van der Waals surface area contributed by atoms with Crippen LogP contribution in [-0.2, 0) is 4.79 Å². The molecule has 0 unspecified atom stereocenters. The van der Waals surface area contributed by atoms with E-state index in [9.17, 15) is 9.59 Å². The molecule has 0 aliphatic heterocycles. The zero-order chi connectivity index (χ0) is 14.4. The van der Waals surface area contributed by atoms with Gasteiger partial charge in [-0.25, -0.2) is 4.79 Å². The highest BCUT2D eigenvalue weighted by Gasteiger charge is 2.22. The Balaban J connectivity index is 1.66. The van der Waals surface area contributed by atoms with Gasteiger partial charge in [-0.15, -0.1) is 0 Å². The molecule has 0 spiro atoms. The Hall–Kier alpha value is -1.10. The number of hydrogen-bond acceptors (Lipinski definition) is 3. The average molecular weight is 281 g/mol. The molecule has 2 N–H and O–H groups in total. The third-order valence-corrected chi connectivity index (χ3v) is 4.53. The van der Waals surface area contributed by atoms with Crippen molar-refractivity contribution < 1.29 is 9.59 Å². The van der Waals surface area contributed by atoms with Gasteiger partial charge in [0, 0.05) is 12.1 Å². The number of imide groups is 1. The molecule has 2 fully saturated rings. The van der Waals surface area contributed by atoms with Gasteiger partial charge in [0.1, 0.15) is 0 Å². The SMILES string of the molecule is CN(CC(=O)NC(=O)NC1CCCC1)C1CCCCC1. The van der Waals surface area contributed by atoms with Crippen LogP contribution in [0.25, 0.3) is 0 Å². The number of nitrogens with zero attached hydrogens (tertiary/aromatic N) is 1. The molecule has 0 aromatic heterocycles. The van der Waals surface area contributed by atoms with E-state index in [-0.39, 0.29) is 18.0 Å². The molecule has 114 valence electrons. The van der Waals surface area contributed by atoms with Crippen molar-refractivity contribution in [2.45, 2.75) is 69.9 Å². The van der Waals surface area contributed by atoms with Gasteiger partial charge in [-0.3, -0.25) is 15.0 Å². The summed E-state index contributed by atoms with van der Waals surface area (Å²) in [5, 5.41) is 5.32. The number of carbonyl (C=O) groups is 2. The predicted octanol–water partition coefficient (Wildman–Crippen LogP) is 2.02. The number of carbonyl (C=O) groups excluding carboxylic acids is 2. The molecule has 0 radical (unpaired) electrons. The van der Waals surface area contributed by atoms with Gasteiger partial charge in [0.15, 0.2) is 0 Å². The van der Waals surface area contributed by atoms with Gasteiger partial charge in [0.2, 0.25) is 5.91 Å². The van der Waals surface area contributed by atoms with E-state index in [1.807, 2.05) is 7.05 Å². The largest absolute Gasteiger partial charge is 0.335 e. The molecule has 5 heteroatoms. The van der Waals surface area contributed by atoms with Crippen molar-refractivity contribution in [1.29, 1.82) is 0 Å². The van der Waals surface area contributed by atoms with Crippen LogP contribution in [0.4, 0.5) is 4.79 Å². The predicted molar refractivity (Wildman–Crippen MR) is 78.4 cm³/mol. The molecule has 0 bridgehead atoms. The molecule has 0 aromatic rings. The first-order valence-electron chi connectivity index (χ1n) is 7.96. The first kappa shape index (κ1) is 15.3. The van der Waals surface area contributed by atoms with Crippen molar-refractivity contribution in [2.24, 2.45) is 0 Å². The number of nitrogens with one attached hydrogen (secondary N) is 2. The van der Waals surface area contributed by atoms with Crippen molar-refractivity contribution >= 4 is 11.9 Å². The molecule has 2 saturated carbocycles. The number of urea groups is 1. The van der Waals surface area contributed by atoms with Gasteiger partial charge in [0.25, 0.3) is 0 Å². The lowest BCUT2D eigenvalue weighted by Gasteiger charge is -2.30. The first-order valence-corrected chi connectivity index (χ1v) is 7.96. The molecule has 20 heavy (non-hydrogen) atoms. The summed E-state index contributed by atoms with van der Waals surface area (Å²) in [6.07, 6.45) is 10.5. The van der Waals surface area contributed by atoms with Crippen molar-refractivity contribution in [1.82, 2.24) is 15.5 Å². The summed E-state index contributed by atoms with van der Waals surface area (Å²) in [6, 6.07) is 0.408.